The molecule has 0 saturated carbocycles. The lowest BCUT2D eigenvalue weighted by Gasteiger charge is -2.23. The number of anilines is 2. The van der Waals surface area contributed by atoms with E-state index < -0.39 is 0 Å². The highest BCUT2D eigenvalue weighted by molar-refractivity contribution is 6.07. The highest BCUT2D eigenvalue weighted by Crippen LogP contribution is 2.23. The third kappa shape index (κ3) is 3.31. The first-order chi connectivity index (χ1) is 10.2. The Hall–Kier alpha value is -2.56. The summed E-state index contributed by atoms with van der Waals surface area (Å²) in [5, 5.41) is 0. The van der Waals surface area contributed by atoms with E-state index in [-0.39, 0.29) is 5.91 Å². The van der Waals surface area contributed by atoms with Crippen LogP contribution >= 0.6 is 0 Å². The van der Waals surface area contributed by atoms with Crippen LogP contribution in [0.2, 0.25) is 0 Å². The van der Waals surface area contributed by atoms with Gasteiger partial charge >= 0.3 is 0 Å². The highest BCUT2D eigenvalue weighted by Gasteiger charge is 2.20. The van der Waals surface area contributed by atoms with Crippen LogP contribution in [0.1, 0.15) is 23.7 Å². The lowest BCUT2D eigenvalue weighted by atomic mass is 10.1. The van der Waals surface area contributed by atoms with E-state index in [1.165, 1.54) is 7.11 Å². The Morgan fingerprint density at radius 2 is 2.00 bits per heavy atom. The quantitative estimate of drug-likeness (QED) is 0.858. The van der Waals surface area contributed by atoms with Crippen molar-refractivity contribution in [3.63, 3.8) is 0 Å². The fourth-order valence-corrected chi connectivity index (χ4v) is 2.09. The van der Waals surface area contributed by atoms with Crippen molar-refractivity contribution in [2.45, 2.75) is 13.3 Å². The van der Waals surface area contributed by atoms with Gasteiger partial charge in [0.2, 0.25) is 0 Å². The molecule has 2 N–H and O–H groups in total. The van der Waals surface area contributed by atoms with E-state index in [9.17, 15) is 4.79 Å². The zero-order chi connectivity index (χ0) is 15.2. The maximum Gasteiger partial charge on any atom is 0.262 e. The molecule has 110 valence electrons. The molecule has 5 nitrogen and oxygen atoms in total. The number of rotatable bonds is 5. The largest absolute Gasteiger partial charge is 0.494 e. The first-order valence-corrected chi connectivity index (χ1v) is 6.82. The van der Waals surface area contributed by atoms with Gasteiger partial charge in [-0.3, -0.25) is 9.78 Å². The van der Waals surface area contributed by atoms with Gasteiger partial charge in [-0.25, -0.2) is 0 Å². The number of carbonyl (C=O) groups excluding carboxylic acids is 1. The van der Waals surface area contributed by atoms with Crippen molar-refractivity contribution in [3.05, 3.63) is 48.3 Å². The molecule has 0 fully saturated rings. The maximum atomic E-state index is 12.8. The Balaban J connectivity index is 2.37. The van der Waals surface area contributed by atoms with Crippen LogP contribution in [0, 0.1) is 0 Å². The lowest BCUT2D eigenvalue weighted by molar-refractivity contribution is 0.0984. The summed E-state index contributed by atoms with van der Waals surface area (Å²) in [7, 11) is 1.53. The molecule has 0 atom stereocenters. The SMILES string of the molecule is CCCN(C(=O)c1ccncc1OC)c1ccc(N)cc1. The number of carbonyl (C=O) groups is 1. The van der Waals surface area contributed by atoms with Crippen LogP contribution in [0.15, 0.2) is 42.7 Å². The van der Waals surface area contributed by atoms with Gasteiger partial charge in [-0.15, -0.1) is 0 Å². The minimum Gasteiger partial charge on any atom is -0.494 e. The number of pyridine rings is 1. The second kappa shape index (κ2) is 6.74. The molecule has 1 aromatic carbocycles. The number of methoxy groups -OCH3 is 1. The minimum atomic E-state index is -0.110. The summed E-state index contributed by atoms with van der Waals surface area (Å²) in [6, 6.07) is 8.93. The Bertz CT molecular complexity index is 611. The van der Waals surface area contributed by atoms with E-state index in [2.05, 4.69) is 4.98 Å². The number of amides is 1. The molecule has 1 amide bonds. The Morgan fingerprint density at radius 1 is 1.29 bits per heavy atom. The molecular formula is C16H19N3O2. The lowest BCUT2D eigenvalue weighted by Crippen LogP contribution is -2.32. The van der Waals surface area contributed by atoms with Crippen molar-refractivity contribution in [2.75, 3.05) is 24.3 Å². The van der Waals surface area contributed by atoms with Crippen LogP contribution in [-0.4, -0.2) is 24.5 Å². The van der Waals surface area contributed by atoms with Gasteiger partial charge in [0.25, 0.3) is 5.91 Å². The predicted molar refractivity (Wildman–Crippen MR) is 83.6 cm³/mol. The zero-order valence-corrected chi connectivity index (χ0v) is 12.2. The van der Waals surface area contributed by atoms with Crippen molar-refractivity contribution in [1.29, 1.82) is 0 Å². The molecule has 0 unspecified atom stereocenters. The molecule has 0 radical (unpaired) electrons. The molecule has 2 rings (SSSR count). The van der Waals surface area contributed by atoms with Crippen LogP contribution < -0.4 is 15.4 Å². The number of nitrogens with two attached hydrogens (primary N) is 1. The maximum absolute atomic E-state index is 12.8. The topological polar surface area (TPSA) is 68.5 Å². The van der Waals surface area contributed by atoms with E-state index in [1.54, 1.807) is 35.5 Å². The fourth-order valence-electron chi connectivity index (χ4n) is 2.09. The number of aromatic nitrogens is 1. The van der Waals surface area contributed by atoms with E-state index >= 15 is 0 Å². The fraction of sp³-hybridized carbons (Fsp3) is 0.250. The molecule has 1 aromatic heterocycles. The highest BCUT2D eigenvalue weighted by atomic mass is 16.5. The van der Waals surface area contributed by atoms with Crippen molar-refractivity contribution in [1.82, 2.24) is 4.98 Å². The summed E-state index contributed by atoms with van der Waals surface area (Å²) < 4.78 is 5.22. The molecule has 0 aliphatic heterocycles. The second-order valence-corrected chi connectivity index (χ2v) is 4.62. The summed E-state index contributed by atoms with van der Waals surface area (Å²) in [5.74, 6) is 0.361. The third-order valence-corrected chi connectivity index (χ3v) is 3.13. The standard InChI is InChI=1S/C16H19N3O2/c1-3-10-19(13-6-4-12(17)5-7-13)16(20)14-8-9-18-11-15(14)21-2/h4-9,11H,3,10,17H2,1-2H3. The van der Waals surface area contributed by atoms with Crippen molar-refractivity contribution < 1.29 is 9.53 Å². The number of nitrogens with zero attached hydrogens (tertiary/aromatic N) is 2. The smallest absolute Gasteiger partial charge is 0.262 e. The second-order valence-electron chi connectivity index (χ2n) is 4.62. The molecule has 0 aliphatic rings. The summed E-state index contributed by atoms with van der Waals surface area (Å²) in [5.41, 5.74) is 7.69. The van der Waals surface area contributed by atoms with Gasteiger partial charge in [-0.05, 0) is 36.8 Å². The number of hydrogen-bond donors (Lipinski definition) is 1. The molecule has 0 spiro atoms. The number of hydrogen-bond acceptors (Lipinski definition) is 4. The summed E-state index contributed by atoms with van der Waals surface area (Å²) in [4.78, 5) is 18.5. The van der Waals surface area contributed by atoms with Crippen LogP contribution in [0.4, 0.5) is 11.4 Å². The third-order valence-electron chi connectivity index (χ3n) is 3.13. The summed E-state index contributed by atoms with van der Waals surface area (Å²) >= 11 is 0. The van der Waals surface area contributed by atoms with Gasteiger partial charge < -0.3 is 15.4 Å². The molecular weight excluding hydrogens is 266 g/mol. The summed E-state index contributed by atoms with van der Waals surface area (Å²) in [6.07, 6.45) is 3.98. The van der Waals surface area contributed by atoms with E-state index in [0.717, 1.165) is 12.1 Å². The normalized spacial score (nSPS) is 10.2. The van der Waals surface area contributed by atoms with Gasteiger partial charge in [-0.2, -0.15) is 0 Å². The number of benzene rings is 1. The van der Waals surface area contributed by atoms with Gasteiger partial charge in [0.05, 0.1) is 18.9 Å². The number of nitrogen functional groups attached to an aromatic ring is 1. The molecule has 1 heterocycles. The van der Waals surface area contributed by atoms with Crippen LogP contribution in [0.3, 0.4) is 0 Å². The average molecular weight is 285 g/mol. The van der Waals surface area contributed by atoms with Crippen LogP contribution in [0.25, 0.3) is 0 Å². The zero-order valence-electron chi connectivity index (χ0n) is 12.2. The first kappa shape index (κ1) is 14.8. The predicted octanol–water partition coefficient (Wildman–Crippen LogP) is 2.73. The van der Waals surface area contributed by atoms with Gasteiger partial charge in [0.15, 0.2) is 0 Å². The van der Waals surface area contributed by atoms with Gasteiger partial charge in [0.1, 0.15) is 5.75 Å². The first-order valence-electron chi connectivity index (χ1n) is 6.82. The molecule has 0 bridgehead atoms. The molecule has 0 saturated heterocycles. The minimum absolute atomic E-state index is 0.110. The summed E-state index contributed by atoms with van der Waals surface area (Å²) in [6.45, 7) is 2.65. The van der Waals surface area contributed by atoms with E-state index in [4.69, 9.17) is 10.5 Å². The van der Waals surface area contributed by atoms with Crippen LogP contribution in [-0.2, 0) is 0 Å². The van der Waals surface area contributed by atoms with E-state index in [0.29, 0.717) is 23.5 Å². The molecule has 0 aliphatic carbocycles. The Morgan fingerprint density at radius 3 is 2.62 bits per heavy atom. The molecule has 21 heavy (non-hydrogen) atoms. The molecule has 5 heteroatoms. The van der Waals surface area contributed by atoms with Crippen molar-refractivity contribution in [3.8, 4) is 5.75 Å². The average Bonchev–Trinajstić information content (AvgIpc) is 2.53. The van der Waals surface area contributed by atoms with E-state index in [1.807, 2.05) is 19.1 Å². The number of ether oxygens (including phenoxy) is 1. The van der Waals surface area contributed by atoms with Crippen molar-refractivity contribution in [2.24, 2.45) is 0 Å². The van der Waals surface area contributed by atoms with Crippen molar-refractivity contribution >= 4 is 17.3 Å². The van der Waals surface area contributed by atoms with Crippen LogP contribution in [0.5, 0.6) is 5.75 Å². The monoisotopic (exact) mass is 285 g/mol. The van der Waals surface area contributed by atoms with Gasteiger partial charge in [0, 0.05) is 24.1 Å². The van der Waals surface area contributed by atoms with Gasteiger partial charge in [-0.1, -0.05) is 6.92 Å². The Kier molecular flexibility index (Phi) is 4.77. The molecule has 2 aromatic rings. The Labute approximate surface area is 124 Å².